The van der Waals surface area contributed by atoms with Crippen molar-refractivity contribution < 1.29 is 9.85 Å². The number of nitro benzene ring substituents is 2. The molecule has 0 amide bonds. The van der Waals surface area contributed by atoms with Crippen LogP contribution in [0.1, 0.15) is 6.42 Å². The van der Waals surface area contributed by atoms with E-state index >= 15 is 0 Å². The first kappa shape index (κ1) is 15.3. The molecule has 0 heterocycles. The van der Waals surface area contributed by atoms with Gasteiger partial charge >= 0.3 is 5.69 Å². The Morgan fingerprint density at radius 1 is 1.04 bits per heavy atom. The van der Waals surface area contributed by atoms with Crippen LogP contribution in [-0.4, -0.2) is 19.5 Å². The minimum absolute atomic E-state index is 0.220. The summed E-state index contributed by atoms with van der Waals surface area (Å²) in [4.78, 5) is 20.9. The number of non-ortho nitro benzene ring substituents is 1. The lowest BCUT2D eigenvalue weighted by atomic mass is 9.71. The topological polar surface area (TPSA) is 111 Å². The van der Waals surface area contributed by atoms with Crippen LogP contribution in [0.2, 0.25) is 0 Å². The lowest BCUT2D eigenvalue weighted by Gasteiger charge is -2.32. The van der Waals surface area contributed by atoms with Gasteiger partial charge in [-0.2, -0.15) is 5.10 Å². The quantitative estimate of drug-likeness (QED) is 0.316. The molecule has 8 nitrogen and oxygen atoms in total. The van der Waals surface area contributed by atoms with Crippen molar-refractivity contribution in [1.82, 2.24) is 0 Å². The van der Waals surface area contributed by atoms with Gasteiger partial charge in [0.25, 0.3) is 5.69 Å². The van der Waals surface area contributed by atoms with E-state index in [9.17, 15) is 20.2 Å². The Morgan fingerprint density at radius 2 is 1.81 bits per heavy atom. The summed E-state index contributed by atoms with van der Waals surface area (Å²) in [5.74, 6) is 5.89. The summed E-state index contributed by atoms with van der Waals surface area (Å²) in [7, 11) is 0. The number of nitrogens with one attached hydrogen (secondary N) is 1. The van der Waals surface area contributed by atoms with E-state index in [1.807, 2.05) is 0 Å². The van der Waals surface area contributed by atoms with Crippen LogP contribution in [0.15, 0.2) is 23.3 Å². The van der Waals surface area contributed by atoms with Crippen LogP contribution in [0.5, 0.6) is 0 Å². The molecule has 0 aliphatic heterocycles. The minimum Gasteiger partial charge on any atom is -0.272 e. The van der Waals surface area contributed by atoms with E-state index in [2.05, 4.69) is 33.1 Å². The van der Waals surface area contributed by atoms with Crippen molar-refractivity contribution in [1.29, 1.82) is 0 Å². The van der Waals surface area contributed by atoms with Gasteiger partial charge in [-0.3, -0.25) is 25.7 Å². The molecule has 6 aliphatic rings. The average molecular weight is 466 g/mol. The number of alkyl halides is 1. The fraction of sp³-hybridized carbons (Fsp3) is 0.588. The molecule has 0 unspecified atom stereocenters. The first-order valence-corrected chi connectivity index (χ1v) is 10.1. The third-order valence-electron chi connectivity index (χ3n) is 7.73. The summed E-state index contributed by atoms with van der Waals surface area (Å²) in [6.07, 6.45) is 1.34. The van der Waals surface area contributed by atoms with Crippen LogP contribution in [0.25, 0.3) is 0 Å². The average Bonchev–Trinajstić information content (AvgIpc) is 3.35. The van der Waals surface area contributed by atoms with Gasteiger partial charge in [-0.25, -0.2) is 0 Å². The van der Waals surface area contributed by atoms with Crippen LogP contribution in [0.4, 0.5) is 17.1 Å². The minimum atomic E-state index is -0.626. The highest BCUT2D eigenvalue weighted by molar-refractivity contribution is 14.1. The second-order valence-corrected chi connectivity index (χ2v) is 9.67. The highest BCUT2D eigenvalue weighted by Gasteiger charge is 2.82. The maximum atomic E-state index is 11.3. The predicted molar refractivity (Wildman–Crippen MR) is 101 cm³/mol. The number of hydrazone groups is 1. The van der Waals surface area contributed by atoms with Crippen molar-refractivity contribution in [3.63, 3.8) is 0 Å². The molecule has 1 aromatic rings. The number of nitrogens with zero attached hydrogens (tertiary/aromatic N) is 3. The molecule has 6 saturated carbocycles. The summed E-state index contributed by atoms with van der Waals surface area (Å²) < 4.78 is 0.758. The van der Waals surface area contributed by atoms with Crippen molar-refractivity contribution in [2.45, 2.75) is 10.3 Å². The van der Waals surface area contributed by atoms with E-state index in [1.54, 1.807) is 0 Å². The van der Waals surface area contributed by atoms with Crippen LogP contribution < -0.4 is 5.43 Å². The molecule has 6 aliphatic carbocycles. The van der Waals surface area contributed by atoms with Gasteiger partial charge in [0.2, 0.25) is 0 Å². The fourth-order valence-corrected chi connectivity index (χ4v) is 9.32. The lowest BCUT2D eigenvalue weighted by molar-refractivity contribution is -0.393. The predicted octanol–water partition coefficient (Wildman–Crippen LogP) is 3.46. The van der Waals surface area contributed by atoms with Gasteiger partial charge < -0.3 is 0 Å². The normalized spacial score (nSPS) is 46.8. The molecule has 6 bridgehead atoms. The SMILES string of the molecule is O=[N+]([O-])c1ccc(N/N=C2\[C@@H]3[C@@H]4C[C@@H]5[C@@H]6[C@@H](I)[C@@H]([C@@H]2[C@@H]46)[C@@H]53)c([N+](=O)[O-])c1. The number of anilines is 1. The maximum Gasteiger partial charge on any atom is 0.301 e. The Hall–Kier alpha value is -1.78. The van der Waals surface area contributed by atoms with Crippen LogP contribution in [-0.2, 0) is 0 Å². The molecule has 1 N–H and O–H groups in total. The summed E-state index contributed by atoms with van der Waals surface area (Å²) >= 11 is 2.65. The van der Waals surface area contributed by atoms with Crippen molar-refractivity contribution in [3.05, 3.63) is 38.4 Å². The molecule has 0 radical (unpaired) electrons. The largest absolute Gasteiger partial charge is 0.301 e. The van der Waals surface area contributed by atoms with Gasteiger partial charge in [-0.05, 0) is 48.0 Å². The molecule has 0 spiro atoms. The van der Waals surface area contributed by atoms with Crippen LogP contribution >= 0.6 is 22.6 Å². The van der Waals surface area contributed by atoms with E-state index in [0.717, 1.165) is 45.5 Å². The molecule has 0 saturated heterocycles. The molecular weight excluding hydrogens is 451 g/mol. The highest BCUT2D eigenvalue weighted by Crippen LogP contribution is 2.82. The fourth-order valence-electron chi connectivity index (χ4n) is 7.38. The Kier molecular flexibility index (Phi) is 2.78. The molecule has 7 rings (SSSR count). The third-order valence-corrected chi connectivity index (χ3v) is 9.40. The van der Waals surface area contributed by atoms with E-state index in [-0.39, 0.29) is 17.1 Å². The van der Waals surface area contributed by atoms with E-state index in [0.29, 0.717) is 11.8 Å². The highest BCUT2D eigenvalue weighted by atomic mass is 127. The van der Waals surface area contributed by atoms with E-state index in [1.165, 1.54) is 24.3 Å². The zero-order chi connectivity index (χ0) is 17.9. The van der Waals surface area contributed by atoms with E-state index in [4.69, 9.17) is 0 Å². The third kappa shape index (κ3) is 1.55. The standard InChI is InChI=1S/C17H15IN4O4/c18-16-12-6-4-7-10(12)15-14(16)11(6)13(7)17(15)20-19-8-2-1-5(21(23)24)3-9(8)22(25)26/h1-3,6-7,10-16,19H,4H2/b20-17+/t6-,7+,10-,11-,12-,13+,14+,15-,16+/m0/s1. The van der Waals surface area contributed by atoms with Crippen molar-refractivity contribution in [2.24, 2.45) is 52.4 Å². The Labute approximate surface area is 161 Å². The van der Waals surface area contributed by atoms with Crippen molar-refractivity contribution in [3.8, 4) is 0 Å². The molecule has 9 atom stereocenters. The number of rotatable bonds is 4. The zero-order valence-electron chi connectivity index (χ0n) is 13.5. The Morgan fingerprint density at radius 3 is 2.50 bits per heavy atom. The zero-order valence-corrected chi connectivity index (χ0v) is 15.6. The monoisotopic (exact) mass is 466 g/mol. The molecule has 9 heteroatoms. The van der Waals surface area contributed by atoms with E-state index < -0.39 is 9.85 Å². The Balaban J connectivity index is 1.35. The van der Waals surface area contributed by atoms with Crippen molar-refractivity contribution in [2.75, 3.05) is 5.43 Å². The number of hydrogen-bond acceptors (Lipinski definition) is 6. The molecule has 26 heavy (non-hydrogen) atoms. The van der Waals surface area contributed by atoms with Gasteiger partial charge in [0, 0.05) is 27.5 Å². The first-order chi connectivity index (χ1) is 12.5. The lowest BCUT2D eigenvalue weighted by Crippen LogP contribution is -2.30. The smallest absolute Gasteiger partial charge is 0.272 e. The molecule has 1 aromatic carbocycles. The summed E-state index contributed by atoms with van der Waals surface area (Å²) in [5.41, 5.74) is 3.72. The summed E-state index contributed by atoms with van der Waals surface area (Å²) in [5, 5.41) is 26.8. The maximum absolute atomic E-state index is 11.3. The van der Waals surface area contributed by atoms with Gasteiger partial charge in [0.05, 0.1) is 15.9 Å². The first-order valence-electron chi connectivity index (χ1n) is 8.89. The number of halogens is 1. The van der Waals surface area contributed by atoms with Gasteiger partial charge in [0.1, 0.15) is 5.69 Å². The van der Waals surface area contributed by atoms with Gasteiger partial charge in [-0.15, -0.1) is 0 Å². The van der Waals surface area contributed by atoms with Crippen molar-refractivity contribution >= 4 is 45.4 Å². The summed E-state index contributed by atoms with van der Waals surface area (Å²) in [6, 6.07) is 3.65. The van der Waals surface area contributed by atoms with Crippen LogP contribution in [0, 0.1) is 67.6 Å². The second-order valence-electron chi connectivity index (χ2n) is 8.23. The summed E-state index contributed by atoms with van der Waals surface area (Å²) in [6.45, 7) is 0. The molecule has 134 valence electrons. The number of hydrogen-bond donors (Lipinski definition) is 1. The number of benzene rings is 1. The molecule has 6 fully saturated rings. The van der Waals surface area contributed by atoms with Gasteiger partial charge in [0.15, 0.2) is 0 Å². The van der Waals surface area contributed by atoms with Crippen LogP contribution in [0.3, 0.4) is 0 Å². The molecular formula is C17H15IN4O4. The Bertz CT molecular complexity index is 918. The molecule has 0 aromatic heterocycles. The van der Waals surface area contributed by atoms with Gasteiger partial charge in [-0.1, -0.05) is 22.6 Å². The number of nitro groups is 2. The second kappa shape index (κ2) is 4.73.